The van der Waals surface area contributed by atoms with Crippen molar-refractivity contribution >= 4 is 11.6 Å². The van der Waals surface area contributed by atoms with E-state index in [0.29, 0.717) is 31.4 Å². The number of aliphatic hydroxyl groups excluding tert-OH is 1. The van der Waals surface area contributed by atoms with Crippen molar-refractivity contribution in [2.75, 3.05) is 6.61 Å². The fourth-order valence-corrected chi connectivity index (χ4v) is 7.39. The molecule has 160 valence electrons. The number of halogens is 1. The molecule has 5 heteroatoms. The number of hydrogen-bond donors (Lipinski definition) is 1. The molecule has 0 aromatic heterocycles. The van der Waals surface area contributed by atoms with Crippen LogP contribution in [-0.4, -0.2) is 35.1 Å². The first-order valence-electron chi connectivity index (χ1n) is 11.0. The van der Waals surface area contributed by atoms with Crippen molar-refractivity contribution in [1.29, 1.82) is 0 Å². The fraction of sp³-hybridized carbons (Fsp3) is 0.750. The van der Waals surface area contributed by atoms with Gasteiger partial charge in [0.15, 0.2) is 11.6 Å². The number of hydrogen-bond acceptors (Lipinski definition) is 4. The van der Waals surface area contributed by atoms with E-state index in [4.69, 9.17) is 4.74 Å². The minimum Gasteiger partial charge on any atom is -0.491 e. The molecule has 29 heavy (non-hydrogen) atoms. The van der Waals surface area contributed by atoms with Crippen LogP contribution < -0.4 is 0 Å². The van der Waals surface area contributed by atoms with E-state index in [0.717, 1.165) is 18.4 Å². The maximum absolute atomic E-state index is 16.9. The van der Waals surface area contributed by atoms with Gasteiger partial charge >= 0.3 is 0 Å². The summed E-state index contributed by atoms with van der Waals surface area (Å²) < 4.78 is 22.3. The molecule has 0 bridgehead atoms. The number of fused-ring (bicyclic) bond motifs is 5. The number of Topliss-reactive ketones (excluding diaryl/α,β-unsaturated/α-hetero) is 1. The van der Waals surface area contributed by atoms with Crippen LogP contribution in [0.3, 0.4) is 0 Å². The Hall–Kier alpha value is -1.49. The van der Waals surface area contributed by atoms with Gasteiger partial charge in [0.2, 0.25) is 0 Å². The van der Waals surface area contributed by atoms with Crippen LogP contribution in [0.4, 0.5) is 4.39 Å². The summed E-state index contributed by atoms with van der Waals surface area (Å²) in [5.74, 6) is 0.165. The standard InChI is InChI=1S/C24H33FO4/c1-14(2)29-13-20(27)19-8-7-17-18-6-5-15-11-16(26)9-10-23(15,4)24(18,25)21(28)12-22(17,19)3/h11,17-19,21,28H,1,5-10,12-13H2,2-4H3/t17-,18-,19+,21-,22-,23-,24-/m0/s1. The molecule has 7 atom stereocenters. The van der Waals surface area contributed by atoms with Crippen LogP contribution in [0.15, 0.2) is 24.0 Å². The Morgan fingerprint density at radius 2 is 2.00 bits per heavy atom. The number of ketones is 2. The number of ether oxygens (including phenoxy) is 1. The van der Waals surface area contributed by atoms with E-state index in [2.05, 4.69) is 13.5 Å². The average molecular weight is 405 g/mol. The van der Waals surface area contributed by atoms with Crippen LogP contribution in [-0.2, 0) is 14.3 Å². The summed E-state index contributed by atoms with van der Waals surface area (Å²) in [5.41, 5.74) is -2.09. The zero-order chi connectivity index (χ0) is 21.2. The zero-order valence-electron chi connectivity index (χ0n) is 17.8. The third-order valence-corrected chi connectivity index (χ3v) is 8.89. The third-order valence-electron chi connectivity index (χ3n) is 8.89. The Morgan fingerprint density at radius 3 is 2.69 bits per heavy atom. The van der Waals surface area contributed by atoms with E-state index in [-0.39, 0.29) is 42.3 Å². The smallest absolute Gasteiger partial charge is 0.173 e. The van der Waals surface area contributed by atoms with Gasteiger partial charge in [-0.05, 0) is 62.9 Å². The Kier molecular flexibility index (Phi) is 4.84. The van der Waals surface area contributed by atoms with Crippen LogP contribution in [0.5, 0.6) is 0 Å². The monoisotopic (exact) mass is 404 g/mol. The van der Waals surface area contributed by atoms with Crippen molar-refractivity contribution in [3.8, 4) is 0 Å². The van der Waals surface area contributed by atoms with Crippen molar-refractivity contribution in [2.45, 2.75) is 77.5 Å². The molecule has 4 aliphatic carbocycles. The van der Waals surface area contributed by atoms with Gasteiger partial charge in [0, 0.05) is 23.7 Å². The predicted octanol–water partition coefficient (Wildman–Crippen LogP) is 4.32. The number of alkyl halides is 1. The molecule has 1 N–H and O–H groups in total. The lowest BCUT2D eigenvalue weighted by Crippen LogP contribution is -2.67. The molecule has 4 nitrogen and oxygen atoms in total. The highest BCUT2D eigenvalue weighted by Crippen LogP contribution is 2.69. The lowest BCUT2D eigenvalue weighted by atomic mass is 9.44. The highest BCUT2D eigenvalue weighted by atomic mass is 19.1. The highest BCUT2D eigenvalue weighted by molar-refractivity contribution is 5.91. The molecule has 0 aliphatic heterocycles. The Bertz CT molecular complexity index is 788. The van der Waals surface area contributed by atoms with E-state index in [1.807, 2.05) is 6.92 Å². The summed E-state index contributed by atoms with van der Waals surface area (Å²) in [4.78, 5) is 24.8. The lowest BCUT2D eigenvalue weighted by molar-refractivity contribution is -0.208. The molecule has 0 saturated heterocycles. The second-order valence-electron chi connectivity index (χ2n) is 10.3. The van der Waals surface area contributed by atoms with Gasteiger partial charge in [0.25, 0.3) is 0 Å². The highest BCUT2D eigenvalue weighted by Gasteiger charge is 2.71. The number of aliphatic hydroxyl groups is 1. The molecule has 0 radical (unpaired) electrons. The number of carbonyl (C=O) groups is 2. The molecule has 0 amide bonds. The van der Waals surface area contributed by atoms with Gasteiger partial charge in [-0.15, -0.1) is 0 Å². The van der Waals surface area contributed by atoms with Gasteiger partial charge in [0.05, 0.1) is 11.9 Å². The van der Waals surface area contributed by atoms with E-state index in [9.17, 15) is 14.7 Å². The maximum Gasteiger partial charge on any atom is 0.173 e. The molecular weight excluding hydrogens is 371 g/mol. The average Bonchev–Trinajstić information content (AvgIpc) is 2.98. The molecule has 0 spiro atoms. The molecule has 4 aliphatic rings. The van der Waals surface area contributed by atoms with Crippen LogP contribution in [0, 0.1) is 28.6 Å². The zero-order valence-corrected chi connectivity index (χ0v) is 17.8. The normalized spacial score (nSPS) is 46.2. The Labute approximate surface area is 172 Å². The van der Waals surface area contributed by atoms with Gasteiger partial charge in [-0.2, -0.15) is 0 Å². The van der Waals surface area contributed by atoms with Crippen LogP contribution in [0.2, 0.25) is 0 Å². The summed E-state index contributed by atoms with van der Waals surface area (Å²) in [7, 11) is 0. The molecule has 4 rings (SSSR count). The van der Waals surface area contributed by atoms with E-state index in [1.54, 1.807) is 13.0 Å². The van der Waals surface area contributed by atoms with E-state index in [1.165, 1.54) is 0 Å². The maximum atomic E-state index is 16.9. The van der Waals surface area contributed by atoms with Gasteiger partial charge in [-0.3, -0.25) is 9.59 Å². The Balaban J connectivity index is 1.66. The van der Waals surface area contributed by atoms with E-state index < -0.39 is 22.6 Å². The second kappa shape index (κ2) is 6.76. The van der Waals surface area contributed by atoms with Crippen molar-refractivity contribution in [3.05, 3.63) is 24.0 Å². The lowest BCUT2D eigenvalue weighted by Gasteiger charge is -2.63. The second-order valence-corrected chi connectivity index (χ2v) is 10.3. The summed E-state index contributed by atoms with van der Waals surface area (Å²) in [6, 6.07) is 0. The number of carbonyl (C=O) groups excluding carboxylic acids is 2. The van der Waals surface area contributed by atoms with Crippen molar-refractivity contribution in [1.82, 2.24) is 0 Å². The first-order valence-corrected chi connectivity index (χ1v) is 11.0. The van der Waals surface area contributed by atoms with Gasteiger partial charge in [0.1, 0.15) is 12.3 Å². The molecular formula is C24H33FO4. The SMILES string of the molecule is C=C(C)OCC(=O)[C@H]1CC[C@H]2[C@@H]3CCC4=CC(=O)CC[C@]4(C)[C@@]3(F)[C@@H](O)C[C@]12C. The summed E-state index contributed by atoms with van der Waals surface area (Å²) in [6.07, 6.45) is 4.44. The molecule has 0 aromatic rings. The van der Waals surface area contributed by atoms with Crippen molar-refractivity contribution in [2.24, 2.45) is 28.6 Å². The largest absolute Gasteiger partial charge is 0.491 e. The summed E-state index contributed by atoms with van der Waals surface area (Å²) in [5, 5.41) is 11.2. The fourth-order valence-electron chi connectivity index (χ4n) is 7.39. The molecule has 3 saturated carbocycles. The minimum atomic E-state index is -1.74. The van der Waals surface area contributed by atoms with Crippen molar-refractivity contribution < 1.29 is 23.8 Å². The molecule has 0 unspecified atom stereocenters. The third kappa shape index (κ3) is 2.79. The van der Waals surface area contributed by atoms with Gasteiger partial charge in [-0.25, -0.2) is 4.39 Å². The summed E-state index contributed by atoms with van der Waals surface area (Å²) >= 11 is 0. The van der Waals surface area contributed by atoms with E-state index >= 15 is 4.39 Å². The van der Waals surface area contributed by atoms with Crippen LogP contribution >= 0.6 is 0 Å². The summed E-state index contributed by atoms with van der Waals surface area (Å²) in [6.45, 7) is 9.37. The minimum absolute atomic E-state index is 0.00342. The number of allylic oxidation sites excluding steroid dienone is 2. The van der Waals surface area contributed by atoms with Crippen LogP contribution in [0.1, 0.15) is 65.7 Å². The van der Waals surface area contributed by atoms with Gasteiger partial charge in [-0.1, -0.05) is 26.0 Å². The quantitative estimate of drug-likeness (QED) is 0.709. The molecule has 0 heterocycles. The Morgan fingerprint density at radius 1 is 1.28 bits per heavy atom. The topological polar surface area (TPSA) is 63.6 Å². The number of rotatable bonds is 4. The van der Waals surface area contributed by atoms with Crippen molar-refractivity contribution in [3.63, 3.8) is 0 Å². The molecule has 3 fully saturated rings. The first kappa shape index (κ1) is 20.8. The van der Waals surface area contributed by atoms with Crippen LogP contribution in [0.25, 0.3) is 0 Å². The first-order chi connectivity index (χ1) is 13.5. The predicted molar refractivity (Wildman–Crippen MR) is 108 cm³/mol. The molecule has 0 aromatic carbocycles. The van der Waals surface area contributed by atoms with Gasteiger partial charge < -0.3 is 9.84 Å².